The van der Waals surface area contributed by atoms with Crippen LogP contribution in [0.3, 0.4) is 0 Å². The average molecular weight is 285 g/mol. The Kier molecular flexibility index (Phi) is 4.33. The Labute approximate surface area is 122 Å². The zero-order chi connectivity index (χ0) is 15.4. The van der Waals surface area contributed by atoms with Crippen LogP contribution in [-0.4, -0.2) is 10.7 Å². The number of ketones is 1. The van der Waals surface area contributed by atoms with E-state index in [1.807, 2.05) is 6.92 Å². The van der Waals surface area contributed by atoms with Gasteiger partial charge in [-0.1, -0.05) is 25.1 Å². The summed E-state index contributed by atoms with van der Waals surface area (Å²) >= 11 is 0. The van der Waals surface area contributed by atoms with Gasteiger partial charge in [-0.25, -0.2) is 0 Å². The third kappa shape index (κ3) is 3.45. The number of carbonyl (C=O) groups is 1. The van der Waals surface area contributed by atoms with Crippen LogP contribution in [-0.2, 0) is 6.42 Å². The third-order valence-electron chi connectivity index (χ3n) is 3.10. The summed E-state index contributed by atoms with van der Waals surface area (Å²) in [6.07, 6.45) is 0.709. The van der Waals surface area contributed by atoms with E-state index in [1.165, 1.54) is 13.0 Å². The molecule has 5 heteroatoms. The molecule has 0 saturated heterocycles. The number of hydrogen-bond acceptors (Lipinski definition) is 4. The molecular formula is C16H15NO4. The van der Waals surface area contributed by atoms with Crippen molar-refractivity contribution in [1.82, 2.24) is 0 Å². The Morgan fingerprint density at radius 1 is 1.24 bits per heavy atom. The molecule has 2 aromatic rings. The van der Waals surface area contributed by atoms with Crippen molar-refractivity contribution in [3.8, 4) is 11.5 Å². The van der Waals surface area contributed by atoms with Crippen molar-refractivity contribution in [3.63, 3.8) is 0 Å². The summed E-state index contributed by atoms with van der Waals surface area (Å²) in [6.45, 7) is 3.38. The highest BCUT2D eigenvalue weighted by Gasteiger charge is 2.16. The van der Waals surface area contributed by atoms with Crippen molar-refractivity contribution in [2.75, 3.05) is 0 Å². The number of benzene rings is 2. The molecule has 0 heterocycles. The minimum absolute atomic E-state index is 0.0809. The predicted molar refractivity (Wildman–Crippen MR) is 79.0 cm³/mol. The van der Waals surface area contributed by atoms with Crippen LogP contribution in [0.1, 0.15) is 29.8 Å². The summed E-state index contributed by atoms with van der Waals surface area (Å²) in [5.74, 6) is 0.476. The van der Waals surface area contributed by atoms with E-state index in [1.54, 1.807) is 36.4 Å². The molecule has 21 heavy (non-hydrogen) atoms. The maximum Gasteiger partial charge on any atom is 0.311 e. The predicted octanol–water partition coefficient (Wildman–Crippen LogP) is 4.15. The largest absolute Gasteiger partial charge is 0.450 e. The van der Waals surface area contributed by atoms with Crippen molar-refractivity contribution in [1.29, 1.82) is 0 Å². The Bertz CT molecular complexity index is 694. The number of nitrogens with zero attached hydrogens (tertiary/aromatic N) is 1. The molecule has 0 aliphatic heterocycles. The first-order chi connectivity index (χ1) is 10.0. The molecule has 0 aliphatic rings. The first-order valence-electron chi connectivity index (χ1n) is 6.57. The van der Waals surface area contributed by atoms with Gasteiger partial charge >= 0.3 is 5.69 Å². The van der Waals surface area contributed by atoms with Gasteiger partial charge in [0.2, 0.25) is 5.75 Å². The first-order valence-corrected chi connectivity index (χ1v) is 6.57. The van der Waals surface area contributed by atoms with Crippen LogP contribution in [0.15, 0.2) is 42.5 Å². The Balaban J connectivity index is 2.37. The van der Waals surface area contributed by atoms with E-state index < -0.39 is 4.92 Å². The van der Waals surface area contributed by atoms with Crippen LogP contribution in [0, 0.1) is 10.1 Å². The number of Topliss-reactive ketones (excluding diaryl/α,β-unsaturated/α-hetero) is 1. The van der Waals surface area contributed by atoms with Gasteiger partial charge in [0.15, 0.2) is 5.78 Å². The van der Waals surface area contributed by atoms with Crippen molar-refractivity contribution >= 4 is 11.5 Å². The number of aryl methyl sites for hydroxylation is 1. The van der Waals surface area contributed by atoms with Crippen LogP contribution >= 0.6 is 0 Å². The lowest BCUT2D eigenvalue weighted by Crippen LogP contribution is -1.96. The van der Waals surface area contributed by atoms with Gasteiger partial charge in [0.05, 0.1) is 4.92 Å². The Morgan fingerprint density at radius 2 is 2.00 bits per heavy atom. The maximum atomic E-state index is 11.3. The summed E-state index contributed by atoms with van der Waals surface area (Å²) in [5, 5.41) is 11.1. The molecule has 0 bridgehead atoms. The van der Waals surface area contributed by atoms with Gasteiger partial charge in [-0.15, -0.1) is 0 Å². The summed E-state index contributed by atoms with van der Waals surface area (Å²) < 4.78 is 5.57. The van der Waals surface area contributed by atoms with Crippen LogP contribution < -0.4 is 4.74 Å². The molecule has 108 valence electrons. The lowest BCUT2D eigenvalue weighted by molar-refractivity contribution is -0.385. The highest BCUT2D eigenvalue weighted by molar-refractivity contribution is 5.94. The van der Waals surface area contributed by atoms with Gasteiger partial charge in [0.1, 0.15) is 5.75 Å². The lowest BCUT2D eigenvalue weighted by atomic mass is 10.1. The van der Waals surface area contributed by atoms with E-state index >= 15 is 0 Å². The van der Waals surface area contributed by atoms with Crippen LogP contribution in [0.4, 0.5) is 5.69 Å². The standard InChI is InChI=1S/C16H15NO4/c1-3-12-7-8-16(15(9-12)17(19)20)21-14-6-4-5-13(10-14)11(2)18/h4-10H,3H2,1-2H3. The van der Waals surface area contributed by atoms with Gasteiger partial charge < -0.3 is 4.74 Å². The number of rotatable bonds is 5. The Morgan fingerprint density at radius 3 is 2.62 bits per heavy atom. The second-order valence-electron chi connectivity index (χ2n) is 4.60. The molecule has 0 radical (unpaired) electrons. The second-order valence-corrected chi connectivity index (χ2v) is 4.60. The molecule has 0 atom stereocenters. The molecule has 0 N–H and O–H groups in total. The van der Waals surface area contributed by atoms with Crippen LogP contribution in [0.2, 0.25) is 0 Å². The molecule has 0 aromatic heterocycles. The van der Waals surface area contributed by atoms with E-state index in [0.717, 1.165) is 5.56 Å². The van der Waals surface area contributed by atoms with Crippen molar-refractivity contribution in [2.24, 2.45) is 0 Å². The van der Waals surface area contributed by atoms with Crippen LogP contribution in [0.25, 0.3) is 0 Å². The van der Waals surface area contributed by atoms with Crippen molar-refractivity contribution in [3.05, 3.63) is 63.7 Å². The van der Waals surface area contributed by atoms with Gasteiger partial charge in [-0.2, -0.15) is 0 Å². The van der Waals surface area contributed by atoms with E-state index in [9.17, 15) is 14.9 Å². The molecule has 0 saturated carbocycles. The third-order valence-corrected chi connectivity index (χ3v) is 3.10. The minimum Gasteiger partial charge on any atom is -0.450 e. The zero-order valence-corrected chi connectivity index (χ0v) is 11.8. The monoisotopic (exact) mass is 285 g/mol. The zero-order valence-electron chi connectivity index (χ0n) is 11.8. The molecule has 0 spiro atoms. The van der Waals surface area contributed by atoms with Gasteiger partial charge in [0.25, 0.3) is 0 Å². The van der Waals surface area contributed by atoms with Crippen molar-refractivity contribution in [2.45, 2.75) is 20.3 Å². The highest BCUT2D eigenvalue weighted by atomic mass is 16.6. The molecule has 5 nitrogen and oxygen atoms in total. The van der Waals surface area contributed by atoms with E-state index in [2.05, 4.69) is 0 Å². The lowest BCUT2D eigenvalue weighted by Gasteiger charge is -2.08. The van der Waals surface area contributed by atoms with Crippen LogP contribution in [0.5, 0.6) is 11.5 Å². The number of ether oxygens (including phenoxy) is 1. The summed E-state index contributed by atoms with van der Waals surface area (Å²) in [4.78, 5) is 22.0. The highest BCUT2D eigenvalue weighted by Crippen LogP contribution is 2.32. The van der Waals surface area contributed by atoms with Gasteiger partial charge in [-0.05, 0) is 37.1 Å². The number of nitro benzene ring substituents is 1. The second kappa shape index (κ2) is 6.17. The van der Waals surface area contributed by atoms with Gasteiger partial charge in [0, 0.05) is 11.6 Å². The smallest absolute Gasteiger partial charge is 0.311 e. The fourth-order valence-electron chi connectivity index (χ4n) is 1.92. The minimum atomic E-state index is -0.469. The molecule has 0 amide bonds. The molecule has 0 fully saturated rings. The number of carbonyl (C=O) groups excluding carboxylic acids is 1. The molecule has 0 unspecified atom stereocenters. The molecule has 2 rings (SSSR count). The van der Waals surface area contributed by atoms with E-state index in [0.29, 0.717) is 17.7 Å². The average Bonchev–Trinajstić information content (AvgIpc) is 2.47. The first kappa shape index (κ1) is 14.7. The summed E-state index contributed by atoms with van der Waals surface area (Å²) in [7, 11) is 0. The van der Waals surface area contributed by atoms with Crippen molar-refractivity contribution < 1.29 is 14.5 Å². The molecule has 0 aliphatic carbocycles. The topological polar surface area (TPSA) is 69.4 Å². The quantitative estimate of drug-likeness (QED) is 0.470. The fourth-order valence-corrected chi connectivity index (χ4v) is 1.92. The molecule has 2 aromatic carbocycles. The molecular weight excluding hydrogens is 270 g/mol. The number of nitro groups is 1. The maximum absolute atomic E-state index is 11.3. The van der Waals surface area contributed by atoms with E-state index in [-0.39, 0.29) is 17.2 Å². The SMILES string of the molecule is CCc1ccc(Oc2cccc(C(C)=O)c2)c([N+](=O)[O-])c1. The van der Waals surface area contributed by atoms with Gasteiger partial charge in [-0.3, -0.25) is 14.9 Å². The number of hydrogen-bond donors (Lipinski definition) is 0. The van der Waals surface area contributed by atoms with E-state index in [4.69, 9.17) is 4.74 Å². The summed E-state index contributed by atoms with van der Waals surface area (Å²) in [5.41, 5.74) is 1.29. The fraction of sp³-hybridized carbons (Fsp3) is 0.188. The Hall–Kier alpha value is -2.69. The summed E-state index contributed by atoms with van der Waals surface area (Å²) in [6, 6.07) is 11.4. The normalized spacial score (nSPS) is 10.2.